The van der Waals surface area contributed by atoms with Gasteiger partial charge in [-0.1, -0.05) is 54.6 Å². The molecule has 0 atom stereocenters. The van der Waals surface area contributed by atoms with E-state index < -0.39 is 0 Å². The topological polar surface area (TPSA) is 61.6 Å². The molecule has 2 aromatic carbocycles. The van der Waals surface area contributed by atoms with Gasteiger partial charge in [0, 0.05) is 17.3 Å². The van der Waals surface area contributed by atoms with E-state index in [1.807, 2.05) is 54.6 Å². The fourth-order valence-corrected chi connectivity index (χ4v) is 2.10. The summed E-state index contributed by atoms with van der Waals surface area (Å²) in [5.41, 5.74) is 1.52. The van der Waals surface area contributed by atoms with Crippen LogP contribution in [0.2, 0.25) is 0 Å². The van der Waals surface area contributed by atoms with Gasteiger partial charge in [-0.3, -0.25) is 0 Å². The average molecular weight is 260 g/mol. The third-order valence-corrected chi connectivity index (χ3v) is 3.10. The molecule has 0 aliphatic carbocycles. The van der Waals surface area contributed by atoms with E-state index in [2.05, 4.69) is 21.6 Å². The Hall–Kier alpha value is -2.93. The fourth-order valence-electron chi connectivity index (χ4n) is 2.10. The van der Waals surface area contributed by atoms with E-state index in [0.717, 1.165) is 10.8 Å². The van der Waals surface area contributed by atoms with Crippen LogP contribution >= 0.6 is 0 Å². The number of benzene rings is 2. The van der Waals surface area contributed by atoms with E-state index in [1.165, 1.54) is 5.56 Å². The molecule has 0 radical (unpaired) electrons. The Morgan fingerprint density at radius 3 is 2.35 bits per heavy atom. The lowest BCUT2D eigenvalue weighted by Crippen LogP contribution is -2.04. The predicted molar refractivity (Wildman–Crippen MR) is 78.0 cm³/mol. The molecule has 0 spiro atoms. The zero-order valence-corrected chi connectivity index (χ0v) is 10.7. The summed E-state index contributed by atoms with van der Waals surface area (Å²) in [4.78, 5) is 0. The van der Waals surface area contributed by atoms with Gasteiger partial charge in [0.05, 0.1) is 0 Å². The summed E-state index contributed by atoms with van der Waals surface area (Å²) < 4.78 is 0. The van der Waals surface area contributed by atoms with Gasteiger partial charge in [0.15, 0.2) is 11.5 Å². The lowest BCUT2D eigenvalue weighted by Gasteiger charge is -2.08. The summed E-state index contributed by atoms with van der Waals surface area (Å²) in [6.07, 6.45) is 0. The van der Waals surface area contributed by atoms with Crippen LogP contribution in [0.1, 0.15) is 11.3 Å². The van der Waals surface area contributed by atoms with Crippen LogP contribution in [0.4, 0.5) is 5.82 Å². The molecule has 1 N–H and O–H groups in total. The Labute approximate surface area is 116 Å². The van der Waals surface area contributed by atoms with E-state index in [9.17, 15) is 0 Å². The Balaban J connectivity index is 1.95. The average Bonchev–Trinajstić information content (AvgIpc) is 2.53. The number of hydrogen-bond acceptors (Lipinski definition) is 4. The molecular formula is C16H12N4. The predicted octanol–water partition coefficient (Wildman–Crippen LogP) is 3.11. The van der Waals surface area contributed by atoms with Crippen LogP contribution < -0.4 is 5.32 Å². The molecule has 0 unspecified atom stereocenters. The van der Waals surface area contributed by atoms with Crippen molar-refractivity contribution in [3.63, 3.8) is 0 Å². The van der Waals surface area contributed by atoms with Crippen molar-refractivity contribution in [3.05, 3.63) is 65.9 Å². The zero-order valence-electron chi connectivity index (χ0n) is 10.7. The van der Waals surface area contributed by atoms with Crippen molar-refractivity contribution in [3.8, 4) is 6.07 Å². The minimum atomic E-state index is 0.353. The van der Waals surface area contributed by atoms with Crippen molar-refractivity contribution in [2.75, 3.05) is 5.32 Å². The summed E-state index contributed by atoms with van der Waals surface area (Å²) in [5, 5.41) is 22.1. The highest BCUT2D eigenvalue weighted by Crippen LogP contribution is 2.22. The van der Waals surface area contributed by atoms with Crippen LogP contribution in [-0.2, 0) is 6.54 Å². The van der Waals surface area contributed by atoms with Crippen LogP contribution in [0, 0.1) is 11.3 Å². The summed E-state index contributed by atoms with van der Waals surface area (Å²) in [5.74, 6) is 0.698. The van der Waals surface area contributed by atoms with Crippen molar-refractivity contribution in [2.45, 2.75) is 6.54 Å². The quantitative estimate of drug-likeness (QED) is 0.786. The first kappa shape index (κ1) is 12.1. The molecule has 4 nitrogen and oxygen atoms in total. The van der Waals surface area contributed by atoms with Crippen molar-refractivity contribution in [1.82, 2.24) is 10.2 Å². The molecule has 3 rings (SSSR count). The van der Waals surface area contributed by atoms with Crippen LogP contribution in [0.25, 0.3) is 10.8 Å². The number of hydrogen-bond donors (Lipinski definition) is 1. The molecule has 0 fully saturated rings. The molecule has 96 valence electrons. The minimum Gasteiger partial charge on any atom is -0.364 e. The number of nitriles is 1. The maximum Gasteiger partial charge on any atom is 0.171 e. The van der Waals surface area contributed by atoms with E-state index >= 15 is 0 Å². The van der Waals surface area contributed by atoms with E-state index in [-0.39, 0.29) is 0 Å². The molecule has 0 aliphatic heterocycles. The van der Waals surface area contributed by atoms with Crippen LogP contribution in [0.15, 0.2) is 54.6 Å². The van der Waals surface area contributed by atoms with Gasteiger partial charge in [0.25, 0.3) is 0 Å². The lowest BCUT2D eigenvalue weighted by atomic mass is 10.1. The number of rotatable bonds is 3. The Morgan fingerprint density at radius 1 is 0.900 bits per heavy atom. The summed E-state index contributed by atoms with van der Waals surface area (Å²) in [6.45, 7) is 0.672. The van der Waals surface area contributed by atoms with Crippen LogP contribution in [0.3, 0.4) is 0 Å². The second-order valence-corrected chi connectivity index (χ2v) is 4.39. The third-order valence-electron chi connectivity index (χ3n) is 3.10. The molecule has 20 heavy (non-hydrogen) atoms. The summed E-state index contributed by atoms with van der Waals surface area (Å²) >= 11 is 0. The number of nitrogens with zero attached hydrogens (tertiary/aromatic N) is 3. The van der Waals surface area contributed by atoms with Gasteiger partial charge in [-0.25, -0.2) is 0 Å². The molecule has 1 heterocycles. The Bertz CT molecular complexity index is 775. The number of nitrogens with one attached hydrogen (secondary N) is 1. The smallest absolute Gasteiger partial charge is 0.171 e. The van der Waals surface area contributed by atoms with E-state index in [4.69, 9.17) is 5.26 Å². The molecule has 4 heteroatoms. The standard InChI is InChI=1S/C16H12N4/c17-10-15-13-8-4-5-9-14(13)16(20-19-15)18-11-12-6-2-1-3-7-12/h1-9H,11H2,(H,18,20). The normalized spacial score (nSPS) is 10.2. The molecule has 0 bridgehead atoms. The monoisotopic (exact) mass is 260 g/mol. The highest BCUT2D eigenvalue weighted by Gasteiger charge is 2.07. The van der Waals surface area contributed by atoms with Crippen molar-refractivity contribution < 1.29 is 0 Å². The van der Waals surface area contributed by atoms with Crippen molar-refractivity contribution in [1.29, 1.82) is 5.26 Å². The van der Waals surface area contributed by atoms with Gasteiger partial charge in [-0.15, -0.1) is 10.2 Å². The maximum atomic E-state index is 9.06. The zero-order chi connectivity index (χ0) is 13.8. The Kier molecular flexibility index (Phi) is 3.25. The van der Waals surface area contributed by atoms with E-state index in [0.29, 0.717) is 18.1 Å². The molecular weight excluding hydrogens is 248 g/mol. The third kappa shape index (κ3) is 2.29. The molecule has 3 aromatic rings. The molecule has 0 saturated heterocycles. The second kappa shape index (κ2) is 5.37. The number of fused-ring (bicyclic) bond motifs is 1. The lowest BCUT2D eigenvalue weighted by molar-refractivity contribution is 1.00. The second-order valence-electron chi connectivity index (χ2n) is 4.39. The first-order valence-electron chi connectivity index (χ1n) is 6.32. The highest BCUT2D eigenvalue weighted by molar-refractivity contribution is 5.94. The summed E-state index contributed by atoms with van der Waals surface area (Å²) in [6, 6.07) is 19.8. The SMILES string of the molecule is N#Cc1nnc(NCc2ccccc2)c2ccccc12. The van der Waals surface area contributed by atoms with Crippen LogP contribution in [-0.4, -0.2) is 10.2 Å². The molecule has 1 aromatic heterocycles. The van der Waals surface area contributed by atoms with Crippen molar-refractivity contribution >= 4 is 16.6 Å². The van der Waals surface area contributed by atoms with Gasteiger partial charge < -0.3 is 5.32 Å². The van der Waals surface area contributed by atoms with Gasteiger partial charge in [0.2, 0.25) is 0 Å². The number of aromatic nitrogens is 2. The van der Waals surface area contributed by atoms with Gasteiger partial charge in [-0.2, -0.15) is 5.26 Å². The first-order chi connectivity index (χ1) is 9.88. The van der Waals surface area contributed by atoms with Crippen molar-refractivity contribution in [2.24, 2.45) is 0 Å². The maximum absolute atomic E-state index is 9.06. The first-order valence-corrected chi connectivity index (χ1v) is 6.32. The largest absolute Gasteiger partial charge is 0.364 e. The minimum absolute atomic E-state index is 0.353. The molecule has 0 saturated carbocycles. The van der Waals surface area contributed by atoms with Gasteiger partial charge >= 0.3 is 0 Å². The fraction of sp³-hybridized carbons (Fsp3) is 0.0625. The summed E-state index contributed by atoms with van der Waals surface area (Å²) in [7, 11) is 0. The highest BCUT2D eigenvalue weighted by atomic mass is 15.2. The van der Waals surface area contributed by atoms with Gasteiger partial charge in [-0.05, 0) is 5.56 Å². The van der Waals surface area contributed by atoms with Gasteiger partial charge in [0.1, 0.15) is 6.07 Å². The molecule has 0 aliphatic rings. The van der Waals surface area contributed by atoms with E-state index in [1.54, 1.807) is 0 Å². The number of anilines is 1. The molecule has 0 amide bonds. The van der Waals surface area contributed by atoms with Crippen LogP contribution in [0.5, 0.6) is 0 Å². The Morgan fingerprint density at radius 2 is 1.60 bits per heavy atom.